The molecule has 4 atom stereocenters. The number of unbranched alkanes of at least 4 members (excludes halogenated alkanes) is 22. The highest BCUT2D eigenvalue weighted by Crippen LogP contribution is 2.15. The number of nitrogens with two attached hydrogens (primary N) is 2. The van der Waals surface area contributed by atoms with Crippen LogP contribution in [0.5, 0.6) is 0 Å². The minimum atomic E-state index is -1.37. The second-order valence-corrected chi connectivity index (χ2v) is 19.7. The minimum Gasteiger partial charge on any atom is -0.465 e. The molecule has 0 aliphatic carbocycles. The fraction of sp³-hybridized carbons (Fsp3) is 0.714. The minimum absolute atomic E-state index is 0.104. The van der Waals surface area contributed by atoms with Crippen LogP contribution in [0.2, 0.25) is 0 Å². The molecule has 19 heteroatoms. The first-order chi connectivity index (χ1) is 36.1. The molecule has 0 radical (unpaired) electrons. The molecule has 1 aromatic rings. The van der Waals surface area contributed by atoms with E-state index in [-0.39, 0.29) is 32.0 Å². The molecule has 0 heterocycles. The van der Waals surface area contributed by atoms with Gasteiger partial charge in [-0.25, -0.2) is 9.80 Å². The Balaban J connectivity index is 2.69. The van der Waals surface area contributed by atoms with Gasteiger partial charge in [-0.1, -0.05) is 185 Å². The number of hydrazine groups is 1. The number of benzene rings is 1. The van der Waals surface area contributed by atoms with Gasteiger partial charge in [0.25, 0.3) is 11.8 Å². The number of carboxylic acid groups (broad SMARTS) is 1. The third kappa shape index (κ3) is 35.4. The fourth-order valence-corrected chi connectivity index (χ4v) is 8.20. The van der Waals surface area contributed by atoms with E-state index in [9.17, 15) is 43.5 Å². The number of rotatable bonds is 46. The van der Waals surface area contributed by atoms with Crippen LogP contribution in [-0.4, -0.2) is 120 Å². The second kappa shape index (κ2) is 43.7. The van der Waals surface area contributed by atoms with Crippen LogP contribution in [0.15, 0.2) is 42.5 Å². The molecular weight excluding hydrogens is 961 g/mol. The lowest BCUT2D eigenvalue weighted by atomic mass is 10.1. The van der Waals surface area contributed by atoms with E-state index in [1.807, 2.05) is 0 Å². The molecule has 0 spiro atoms. The number of primary amides is 2. The predicted molar refractivity (Wildman–Crippen MR) is 291 cm³/mol. The Bertz CT molecular complexity index is 1800. The third-order valence-corrected chi connectivity index (χ3v) is 12.9. The highest BCUT2D eigenvalue weighted by atomic mass is 16.5. The number of hydrogen-bond donors (Lipinski definition) is 7. The van der Waals surface area contributed by atoms with E-state index in [2.05, 4.69) is 35.2 Å². The number of carbonyl (C=O) groups excluding carboxylic acids is 7. The molecule has 9 N–H and O–H groups in total. The van der Waals surface area contributed by atoms with Crippen molar-refractivity contribution in [3.05, 3.63) is 48.0 Å². The normalized spacial score (nSPS) is 12.8. The van der Waals surface area contributed by atoms with Crippen molar-refractivity contribution in [1.82, 2.24) is 31.3 Å². The summed E-state index contributed by atoms with van der Waals surface area (Å²) < 4.78 is 12.2. The quantitative estimate of drug-likeness (QED) is 0.0189. The smallest absolute Gasteiger partial charge is 0.408 e. The molecule has 0 aliphatic heterocycles. The van der Waals surface area contributed by atoms with Gasteiger partial charge in [0, 0.05) is 44.9 Å². The molecule has 0 aliphatic rings. The molecule has 0 saturated carbocycles. The average molecular weight is 1060 g/mol. The highest BCUT2D eigenvalue weighted by Gasteiger charge is 2.29. The zero-order valence-corrected chi connectivity index (χ0v) is 46.1. The lowest BCUT2D eigenvalue weighted by Gasteiger charge is -2.27. The molecule has 1 unspecified atom stereocenters. The van der Waals surface area contributed by atoms with Gasteiger partial charge < -0.3 is 42.0 Å². The molecule has 0 saturated heterocycles. The van der Waals surface area contributed by atoms with E-state index >= 15 is 0 Å². The maximum atomic E-state index is 13.1. The first-order valence-electron chi connectivity index (χ1n) is 28.1. The van der Waals surface area contributed by atoms with Crippen LogP contribution in [0.1, 0.15) is 200 Å². The van der Waals surface area contributed by atoms with Crippen molar-refractivity contribution in [2.45, 2.75) is 225 Å². The van der Waals surface area contributed by atoms with E-state index < -0.39 is 72.1 Å². The number of amides is 8. The van der Waals surface area contributed by atoms with E-state index in [1.54, 1.807) is 30.3 Å². The maximum Gasteiger partial charge on any atom is 0.408 e. The summed E-state index contributed by atoms with van der Waals surface area (Å²) in [5.41, 5.74) is 13.6. The van der Waals surface area contributed by atoms with E-state index in [0.29, 0.717) is 36.5 Å². The van der Waals surface area contributed by atoms with Crippen molar-refractivity contribution in [3.63, 3.8) is 0 Å². The fourth-order valence-electron chi connectivity index (χ4n) is 8.20. The zero-order valence-electron chi connectivity index (χ0n) is 46.1. The average Bonchev–Trinajstić information content (AvgIpc) is 3.38. The Morgan fingerprint density at radius 2 is 1.16 bits per heavy atom. The topological polar surface area (TPSA) is 282 Å². The van der Waals surface area contributed by atoms with Gasteiger partial charge in [-0.2, -0.15) is 0 Å². The summed E-state index contributed by atoms with van der Waals surface area (Å²) in [6.45, 7) is 7.82. The number of nitrogens with zero attached hydrogens (tertiary/aromatic N) is 2. The Kier molecular flexibility index (Phi) is 39.3. The molecule has 0 fully saturated rings. The first kappa shape index (κ1) is 67.5. The molecule has 75 heavy (non-hydrogen) atoms. The SMILES string of the molecule is CCCCCCCCCCCCCCOCC(CNC(=O)CC[C@H](NC(=O)/C=C/C(=O)N(CC(N)=O)NC(=O)[C@H](C)NC(=O)[C@H](C)N(Cc1ccccc1)C(=O)O)C(N)=O)OCCCCCCCCCCCCCC. The standard InChI is InChI=1S/C56H96N8O11/c1-5-7-9-11-13-15-17-19-21-23-25-30-38-74-43-47(75-39-31-26-24-22-20-18-16-14-12-10-8-6-2)40-59-50(66)35-34-48(53(58)69)61-51(67)36-37-52(68)64(42-49(57)65)62-54(70)44(3)60-55(71)45(4)63(56(72)73)41-46-32-28-27-29-33-46/h27-29,32-33,36-37,44-45,47-48H,5-26,30-31,34-35,38-43H2,1-4H3,(H2,57,65)(H2,58,69)(H,59,66)(H,60,71)(H,61,67)(H,62,70)(H,72,73)/b37-36+/t44-,45-,47?,48-/m0/s1. The lowest BCUT2D eigenvalue weighted by Crippen LogP contribution is -2.57. The van der Waals surface area contributed by atoms with Crippen molar-refractivity contribution in [1.29, 1.82) is 0 Å². The summed E-state index contributed by atoms with van der Waals surface area (Å²) in [5, 5.41) is 17.9. The van der Waals surface area contributed by atoms with Crippen molar-refractivity contribution in [3.8, 4) is 0 Å². The van der Waals surface area contributed by atoms with E-state index in [4.69, 9.17) is 20.9 Å². The van der Waals surface area contributed by atoms with Gasteiger partial charge >= 0.3 is 6.09 Å². The van der Waals surface area contributed by atoms with Crippen LogP contribution in [0.25, 0.3) is 0 Å². The predicted octanol–water partition coefficient (Wildman–Crippen LogP) is 7.63. The van der Waals surface area contributed by atoms with Crippen molar-refractivity contribution < 1.29 is 52.9 Å². The van der Waals surface area contributed by atoms with Crippen molar-refractivity contribution in [2.75, 3.05) is 32.9 Å². The molecular formula is C56H96N8O11. The van der Waals surface area contributed by atoms with E-state index in [1.165, 1.54) is 136 Å². The molecule has 19 nitrogen and oxygen atoms in total. The zero-order chi connectivity index (χ0) is 55.5. The number of nitrogens with one attached hydrogen (secondary N) is 4. The summed E-state index contributed by atoms with van der Waals surface area (Å²) in [7, 11) is 0. The molecule has 426 valence electrons. The Morgan fingerprint density at radius 1 is 0.653 bits per heavy atom. The van der Waals surface area contributed by atoms with Crippen LogP contribution in [-0.2, 0) is 49.6 Å². The maximum absolute atomic E-state index is 13.1. The number of hydrogen-bond acceptors (Lipinski definition) is 10. The monoisotopic (exact) mass is 1060 g/mol. The Morgan fingerprint density at radius 3 is 1.65 bits per heavy atom. The summed E-state index contributed by atoms with van der Waals surface area (Å²) in [4.78, 5) is 102. The van der Waals surface area contributed by atoms with Gasteiger partial charge in [-0.3, -0.25) is 43.9 Å². The Labute approximate surface area is 448 Å². The summed E-state index contributed by atoms with van der Waals surface area (Å²) in [6.07, 6.45) is 29.2. The largest absolute Gasteiger partial charge is 0.465 e. The second-order valence-electron chi connectivity index (χ2n) is 19.7. The molecule has 0 aromatic heterocycles. The van der Waals surface area contributed by atoms with Crippen molar-refractivity contribution in [2.24, 2.45) is 11.5 Å². The lowest BCUT2D eigenvalue weighted by molar-refractivity contribution is -0.142. The van der Waals surface area contributed by atoms with Gasteiger partial charge in [0.05, 0.1) is 12.7 Å². The van der Waals surface area contributed by atoms with Gasteiger partial charge in [-0.05, 0) is 38.7 Å². The summed E-state index contributed by atoms with van der Waals surface area (Å²) in [6, 6.07) is 4.74. The highest BCUT2D eigenvalue weighted by molar-refractivity contribution is 6.00. The molecule has 0 bridgehead atoms. The first-order valence-corrected chi connectivity index (χ1v) is 28.1. The van der Waals surface area contributed by atoms with Gasteiger partial charge in [0.1, 0.15) is 24.7 Å². The Hall–Kier alpha value is -5.56. The number of ether oxygens (including phenoxy) is 2. The van der Waals surface area contributed by atoms with Gasteiger partial charge in [0.15, 0.2) is 0 Å². The van der Waals surface area contributed by atoms with Crippen LogP contribution in [0, 0.1) is 0 Å². The third-order valence-electron chi connectivity index (χ3n) is 12.9. The van der Waals surface area contributed by atoms with Crippen molar-refractivity contribution >= 4 is 47.4 Å². The van der Waals surface area contributed by atoms with Crippen LogP contribution in [0.4, 0.5) is 4.79 Å². The van der Waals surface area contributed by atoms with Gasteiger partial charge in [-0.15, -0.1) is 0 Å². The van der Waals surface area contributed by atoms with Crippen LogP contribution < -0.4 is 32.8 Å². The summed E-state index contributed by atoms with van der Waals surface area (Å²) >= 11 is 0. The van der Waals surface area contributed by atoms with E-state index in [0.717, 1.165) is 43.1 Å². The number of carbonyl (C=O) groups is 8. The molecule has 8 amide bonds. The molecule has 1 aromatic carbocycles. The summed E-state index contributed by atoms with van der Waals surface area (Å²) in [5.74, 6) is -6.16. The van der Waals surface area contributed by atoms with Gasteiger partial charge in [0.2, 0.25) is 29.5 Å². The molecule has 1 rings (SSSR count). The van der Waals surface area contributed by atoms with Crippen LogP contribution in [0.3, 0.4) is 0 Å². The van der Waals surface area contributed by atoms with Crippen LogP contribution >= 0.6 is 0 Å².